The summed E-state index contributed by atoms with van der Waals surface area (Å²) in [5.74, 6) is 0.674. The lowest BCUT2D eigenvalue weighted by molar-refractivity contribution is 0.561. The van der Waals surface area contributed by atoms with Gasteiger partial charge in [0.1, 0.15) is 5.52 Å². The van der Waals surface area contributed by atoms with Crippen LogP contribution in [0.2, 0.25) is 0 Å². The van der Waals surface area contributed by atoms with Crippen LogP contribution in [0.1, 0.15) is 5.89 Å². The van der Waals surface area contributed by atoms with Gasteiger partial charge in [0.25, 0.3) is 0 Å². The van der Waals surface area contributed by atoms with E-state index in [4.69, 9.17) is 4.42 Å². The molecule has 0 unspecified atom stereocenters. The van der Waals surface area contributed by atoms with Crippen molar-refractivity contribution in [1.29, 1.82) is 0 Å². The van der Waals surface area contributed by atoms with Crippen LogP contribution in [0, 0.1) is 6.92 Å². The van der Waals surface area contributed by atoms with Gasteiger partial charge in [-0.15, -0.1) is 0 Å². The molecule has 0 saturated carbocycles. The van der Waals surface area contributed by atoms with E-state index in [0.29, 0.717) is 5.89 Å². The lowest BCUT2D eigenvalue weighted by atomic mass is 10.2. The maximum Gasteiger partial charge on any atom is 0.192 e. The van der Waals surface area contributed by atoms with Crippen molar-refractivity contribution in [1.82, 2.24) is 14.8 Å². The first-order chi connectivity index (χ1) is 10.8. The summed E-state index contributed by atoms with van der Waals surface area (Å²) in [5.41, 5.74) is 4.62. The monoisotopic (exact) mass is 290 g/mol. The maximum atomic E-state index is 5.49. The van der Waals surface area contributed by atoms with Crippen molar-refractivity contribution in [3.8, 4) is 5.69 Å². The molecule has 1 N–H and O–H groups in total. The first-order valence-corrected chi connectivity index (χ1v) is 7.02. The number of fused-ring (bicyclic) bond motifs is 1. The van der Waals surface area contributed by atoms with Crippen LogP contribution in [0.5, 0.6) is 0 Å². The predicted molar refractivity (Wildman–Crippen MR) is 85.6 cm³/mol. The van der Waals surface area contributed by atoms with Gasteiger partial charge >= 0.3 is 0 Å². The van der Waals surface area contributed by atoms with E-state index >= 15 is 0 Å². The fraction of sp³-hybridized carbons (Fsp3) is 0.0588. The molecular weight excluding hydrogens is 276 g/mol. The maximum absolute atomic E-state index is 5.49. The number of oxazole rings is 1. The predicted octanol–water partition coefficient (Wildman–Crippen LogP) is 4.07. The zero-order valence-corrected chi connectivity index (χ0v) is 12.0. The summed E-state index contributed by atoms with van der Waals surface area (Å²) in [5, 5.41) is 7.63. The molecule has 22 heavy (non-hydrogen) atoms. The van der Waals surface area contributed by atoms with E-state index in [-0.39, 0.29) is 0 Å². The Morgan fingerprint density at radius 2 is 1.95 bits per heavy atom. The molecule has 2 aromatic carbocycles. The van der Waals surface area contributed by atoms with E-state index in [1.54, 1.807) is 6.20 Å². The molecule has 0 spiro atoms. The highest BCUT2D eigenvalue weighted by molar-refractivity contribution is 5.79. The van der Waals surface area contributed by atoms with Crippen molar-refractivity contribution in [2.24, 2.45) is 0 Å². The van der Waals surface area contributed by atoms with E-state index in [1.807, 2.05) is 66.3 Å². The molecule has 108 valence electrons. The molecule has 2 heterocycles. The van der Waals surface area contributed by atoms with Gasteiger partial charge in [-0.3, -0.25) is 0 Å². The van der Waals surface area contributed by atoms with Crippen LogP contribution in [0.15, 0.2) is 65.3 Å². The van der Waals surface area contributed by atoms with Gasteiger partial charge in [0.2, 0.25) is 0 Å². The van der Waals surface area contributed by atoms with Crippen molar-refractivity contribution in [3.63, 3.8) is 0 Å². The Hall–Kier alpha value is -3.08. The van der Waals surface area contributed by atoms with E-state index in [0.717, 1.165) is 28.2 Å². The lowest BCUT2D eigenvalue weighted by Gasteiger charge is -2.08. The molecule has 0 aliphatic rings. The zero-order chi connectivity index (χ0) is 14.9. The molecular formula is C17H14N4O. The van der Waals surface area contributed by atoms with Gasteiger partial charge in [0, 0.05) is 30.7 Å². The van der Waals surface area contributed by atoms with Crippen molar-refractivity contribution in [2.45, 2.75) is 6.92 Å². The van der Waals surface area contributed by atoms with Gasteiger partial charge in [0.05, 0.1) is 5.69 Å². The Labute approximate surface area is 127 Å². The van der Waals surface area contributed by atoms with Gasteiger partial charge in [-0.05, 0) is 42.5 Å². The second-order valence-electron chi connectivity index (χ2n) is 5.04. The minimum atomic E-state index is 0.674. The lowest BCUT2D eigenvalue weighted by Crippen LogP contribution is -1.96. The van der Waals surface area contributed by atoms with Crippen molar-refractivity contribution in [3.05, 3.63) is 66.8 Å². The van der Waals surface area contributed by atoms with E-state index in [9.17, 15) is 0 Å². The standard InChI is InChI=1S/C17H14N4O/c1-12-19-16-11-14(6-7-17(16)22-12)20-13-4-2-5-15(10-13)21-9-3-8-18-21/h2-11,20H,1H3. The Morgan fingerprint density at radius 3 is 2.82 bits per heavy atom. The van der Waals surface area contributed by atoms with Crippen LogP contribution in [-0.4, -0.2) is 14.8 Å². The number of nitrogens with one attached hydrogen (secondary N) is 1. The van der Waals surface area contributed by atoms with Crippen LogP contribution < -0.4 is 5.32 Å². The fourth-order valence-corrected chi connectivity index (χ4v) is 2.43. The molecule has 0 fully saturated rings. The summed E-state index contributed by atoms with van der Waals surface area (Å²) >= 11 is 0. The van der Waals surface area contributed by atoms with Gasteiger partial charge < -0.3 is 9.73 Å². The number of hydrogen-bond acceptors (Lipinski definition) is 4. The van der Waals surface area contributed by atoms with Crippen LogP contribution in [-0.2, 0) is 0 Å². The van der Waals surface area contributed by atoms with Crippen LogP contribution in [0.3, 0.4) is 0 Å². The molecule has 4 rings (SSSR count). The first kappa shape index (κ1) is 12.6. The van der Waals surface area contributed by atoms with E-state index in [1.165, 1.54) is 0 Å². The van der Waals surface area contributed by atoms with Crippen molar-refractivity contribution in [2.75, 3.05) is 5.32 Å². The number of rotatable bonds is 3. The summed E-state index contributed by atoms with van der Waals surface area (Å²) in [4.78, 5) is 4.35. The third-order valence-electron chi connectivity index (χ3n) is 3.40. The third-order valence-corrected chi connectivity index (χ3v) is 3.40. The van der Waals surface area contributed by atoms with Gasteiger partial charge in [-0.1, -0.05) is 6.07 Å². The smallest absolute Gasteiger partial charge is 0.192 e. The minimum absolute atomic E-state index is 0.674. The third kappa shape index (κ3) is 2.33. The molecule has 0 saturated heterocycles. The molecule has 2 aromatic heterocycles. The van der Waals surface area contributed by atoms with Gasteiger partial charge in [0.15, 0.2) is 11.5 Å². The summed E-state index contributed by atoms with van der Waals surface area (Å²) in [6, 6.07) is 15.9. The van der Waals surface area contributed by atoms with Gasteiger partial charge in [-0.25, -0.2) is 9.67 Å². The average Bonchev–Trinajstić information content (AvgIpc) is 3.15. The van der Waals surface area contributed by atoms with Gasteiger partial charge in [-0.2, -0.15) is 5.10 Å². The molecule has 0 amide bonds. The number of hydrogen-bond donors (Lipinski definition) is 1. The molecule has 0 aliphatic heterocycles. The average molecular weight is 290 g/mol. The molecule has 5 nitrogen and oxygen atoms in total. The topological polar surface area (TPSA) is 55.9 Å². The Morgan fingerprint density at radius 1 is 1.05 bits per heavy atom. The van der Waals surface area contributed by atoms with Crippen molar-refractivity contribution < 1.29 is 4.42 Å². The van der Waals surface area contributed by atoms with Crippen LogP contribution >= 0.6 is 0 Å². The Balaban J connectivity index is 1.65. The highest BCUT2D eigenvalue weighted by Gasteiger charge is 2.04. The van der Waals surface area contributed by atoms with Crippen molar-refractivity contribution >= 4 is 22.5 Å². The number of benzene rings is 2. The number of aromatic nitrogens is 3. The molecule has 0 radical (unpaired) electrons. The number of aryl methyl sites for hydroxylation is 1. The summed E-state index contributed by atoms with van der Waals surface area (Å²) < 4.78 is 7.32. The number of anilines is 2. The highest BCUT2D eigenvalue weighted by atomic mass is 16.3. The summed E-state index contributed by atoms with van der Waals surface area (Å²) in [6.45, 7) is 1.85. The molecule has 4 aromatic rings. The molecule has 0 atom stereocenters. The molecule has 0 bridgehead atoms. The Kier molecular flexibility index (Phi) is 2.89. The highest BCUT2D eigenvalue weighted by Crippen LogP contribution is 2.23. The second-order valence-corrected chi connectivity index (χ2v) is 5.04. The van der Waals surface area contributed by atoms with Crippen LogP contribution in [0.25, 0.3) is 16.8 Å². The summed E-state index contributed by atoms with van der Waals surface area (Å²) in [7, 11) is 0. The normalized spacial score (nSPS) is 11.0. The fourth-order valence-electron chi connectivity index (χ4n) is 2.43. The SMILES string of the molecule is Cc1nc2cc(Nc3cccc(-n4cccn4)c3)ccc2o1. The second kappa shape index (κ2) is 5.04. The largest absolute Gasteiger partial charge is 0.441 e. The number of nitrogens with zero attached hydrogens (tertiary/aromatic N) is 3. The molecule has 0 aliphatic carbocycles. The quantitative estimate of drug-likeness (QED) is 0.618. The van der Waals surface area contributed by atoms with E-state index in [2.05, 4.69) is 15.4 Å². The zero-order valence-electron chi connectivity index (χ0n) is 12.0. The first-order valence-electron chi connectivity index (χ1n) is 7.02. The Bertz CT molecular complexity index is 925. The van der Waals surface area contributed by atoms with E-state index < -0.39 is 0 Å². The van der Waals surface area contributed by atoms with Crippen LogP contribution in [0.4, 0.5) is 11.4 Å². The minimum Gasteiger partial charge on any atom is -0.441 e. The molecule has 5 heteroatoms. The summed E-state index contributed by atoms with van der Waals surface area (Å²) in [6.07, 6.45) is 3.68.